The van der Waals surface area contributed by atoms with Gasteiger partial charge in [0.15, 0.2) is 0 Å². The highest BCUT2D eigenvalue weighted by Gasteiger charge is 2.12. The Hall–Kier alpha value is -0.130. The van der Waals surface area contributed by atoms with Crippen LogP contribution in [0.3, 0.4) is 0 Å². The van der Waals surface area contributed by atoms with Crippen molar-refractivity contribution in [2.45, 2.75) is 12.5 Å². The molecule has 0 amide bonds. The topological polar surface area (TPSA) is 61.5 Å². The van der Waals surface area contributed by atoms with Crippen LogP contribution < -0.4 is 5.73 Å². The largest absolute Gasteiger partial charge is 0.468 e. The third-order valence-corrected chi connectivity index (χ3v) is 1.78. The lowest BCUT2D eigenvalue weighted by Crippen LogP contribution is -2.36. The third-order valence-electron chi connectivity index (χ3n) is 1.22. The van der Waals surface area contributed by atoms with Crippen molar-refractivity contribution < 1.29 is 14.3 Å². The van der Waals surface area contributed by atoms with Gasteiger partial charge in [0.1, 0.15) is 6.04 Å². The lowest BCUT2D eigenvalue weighted by molar-refractivity contribution is -0.143. The molecule has 0 saturated heterocycles. The van der Waals surface area contributed by atoms with Crippen molar-refractivity contribution in [1.82, 2.24) is 0 Å². The molecule has 1 unspecified atom stereocenters. The molecule has 0 spiro atoms. The summed E-state index contributed by atoms with van der Waals surface area (Å²) in [5, 5.41) is 0.889. The zero-order valence-corrected chi connectivity index (χ0v) is 8.67. The van der Waals surface area contributed by atoms with Crippen LogP contribution in [-0.2, 0) is 14.3 Å². The molecule has 0 heterocycles. The molecule has 1 atom stereocenters. The molecule has 0 aliphatic heterocycles. The van der Waals surface area contributed by atoms with E-state index in [2.05, 4.69) is 20.7 Å². The summed E-state index contributed by atoms with van der Waals surface area (Å²) in [5.74, 6) is -0.436. The number of rotatable bonds is 6. The maximum absolute atomic E-state index is 10.7. The summed E-state index contributed by atoms with van der Waals surface area (Å²) in [5.41, 5.74) is 5.40. The van der Waals surface area contributed by atoms with Gasteiger partial charge in [0.2, 0.25) is 0 Å². The smallest absolute Gasteiger partial charge is 0.325 e. The molecule has 0 aliphatic rings. The van der Waals surface area contributed by atoms with E-state index in [4.69, 9.17) is 10.5 Å². The van der Waals surface area contributed by atoms with Crippen molar-refractivity contribution >= 4 is 21.9 Å². The van der Waals surface area contributed by atoms with Gasteiger partial charge in [-0.15, -0.1) is 0 Å². The molecule has 0 radical (unpaired) electrons. The van der Waals surface area contributed by atoms with E-state index in [0.717, 1.165) is 11.8 Å². The molecule has 0 rings (SSSR count). The third kappa shape index (κ3) is 5.51. The van der Waals surface area contributed by atoms with E-state index in [1.807, 2.05) is 0 Å². The van der Waals surface area contributed by atoms with Gasteiger partial charge in [-0.2, -0.15) is 0 Å². The van der Waals surface area contributed by atoms with E-state index in [0.29, 0.717) is 6.61 Å². The molecule has 0 bridgehead atoms. The highest BCUT2D eigenvalue weighted by molar-refractivity contribution is 9.09. The fourth-order valence-electron chi connectivity index (χ4n) is 0.586. The van der Waals surface area contributed by atoms with E-state index < -0.39 is 12.0 Å². The first-order valence-electron chi connectivity index (χ1n) is 3.69. The van der Waals surface area contributed by atoms with Gasteiger partial charge < -0.3 is 15.2 Å². The molecule has 0 aliphatic carbocycles. The van der Waals surface area contributed by atoms with Crippen LogP contribution in [0.4, 0.5) is 0 Å². The zero-order valence-electron chi connectivity index (χ0n) is 7.09. The van der Waals surface area contributed by atoms with E-state index in [1.165, 1.54) is 7.11 Å². The Kier molecular flexibility index (Phi) is 7.43. The molecule has 0 aromatic carbocycles. The minimum atomic E-state index is -0.662. The van der Waals surface area contributed by atoms with Crippen LogP contribution in [0.2, 0.25) is 0 Å². The van der Waals surface area contributed by atoms with Gasteiger partial charge in [0.25, 0.3) is 0 Å². The Morgan fingerprint density at radius 1 is 1.67 bits per heavy atom. The SMILES string of the molecule is COC(=O)C(N)COCCCBr. The Bertz CT molecular complexity index is 132. The number of hydrogen-bond acceptors (Lipinski definition) is 4. The predicted molar refractivity (Wildman–Crippen MR) is 49.2 cm³/mol. The van der Waals surface area contributed by atoms with Crippen LogP contribution in [0, 0.1) is 0 Å². The molecule has 0 aromatic rings. The molecular formula is C7H14BrNO3. The maximum atomic E-state index is 10.7. The van der Waals surface area contributed by atoms with Gasteiger partial charge in [-0.1, -0.05) is 15.9 Å². The van der Waals surface area contributed by atoms with Crippen molar-refractivity contribution in [3.05, 3.63) is 0 Å². The van der Waals surface area contributed by atoms with Crippen LogP contribution in [-0.4, -0.2) is 37.7 Å². The monoisotopic (exact) mass is 239 g/mol. The molecule has 5 heteroatoms. The van der Waals surface area contributed by atoms with Crippen molar-refractivity contribution in [3.63, 3.8) is 0 Å². The summed E-state index contributed by atoms with van der Waals surface area (Å²) in [4.78, 5) is 10.7. The molecule has 0 saturated carbocycles. The maximum Gasteiger partial charge on any atom is 0.325 e. The number of alkyl halides is 1. The number of hydrogen-bond donors (Lipinski definition) is 1. The number of methoxy groups -OCH3 is 1. The van der Waals surface area contributed by atoms with Crippen LogP contribution >= 0.6 is 15.9 Å². The zero-order chi connectivity index (χ0) is 9.40. The number of ether oxygens (including phenoxy) is 2. The summed E-state index contributed by atoms with van der Waals surface area (Å²) in [6, 6.07) is -0.662. The van der Waals surface area contributed by atoms with Gasteiger partial charge in [-0.05, 0) is 6.42 Å². The lowest BCUT2D eigenvalue weighted by Gasteiger charge is -2.08. The van der Waals surface area contributed by atoms with Crippen molar-refractivity contribution in [2.24, 2.45) is 5.73 Å². The number of esters is 1. The fourth-order valence-corrected chi connectivity index (χ4v) is 0.815. The number of carbonyl (C=O) groups excluding carboxylic acids is 1. The summed E-state index contributed by atoms with van der Waals surface area (Å²) >= 11 is 3.26. The highest BCUT2D eigenvalue weighted by atomic mass is 79.9. The number of nitrogens with two attached hydrogens (primary N) is 1. The quantitative estimate of drug-likeness (QED) is 0.411. The van der Waals surface area contributed by atoms with Crippen molar-refractivity contribution in [3.8, 4) is 0 Å². The van der Waals surface area contributed by atoms with Crippen LogP contribution in [0.5, 0.6) is 0 Å². The Morgan fingerprint density at radius 3 is 2.83 bits per heavy atom. The summed E-state index contributed by atoms with van der Waals surface area (Å²) in [6.45, 7) is 0.829. The molecule has 12 heavy (non-hydrogen) atoms. The lowest BCUT2D eigenvalue weighted by atomic mass is 10.3. The highest BCUT2D eigenvalue weighted by Crippen LogP contribution is 1.91. The summed E-state index contributed by atoms with van der Waals surface area (Å²) in [6.07, 6.45) is 0.911. The number of carbonyl (C=O) groups is 1. The van der Waals surface area contributed by atoms with E-state index in [1.54, 1.807) is 0 Å². The standard InChI is InChI=1S/C7H14BrNO3/c1-11-7(10)6(9)5-12-4-2-3-8/h6H,2-5,9H2,1H3. The van der Waals surface area contributed by atoms with Crippen molar-refractivity contribution in [2.75, 3.05) is 25.7 Å². The minimum Gasteiger partial charge on any atom is -0.468 e. The van der Waals surface area contributed by atoms with Gasteiger partial charge in [-0.25, -0.2) is 0 Å². The van der Waals surface area contributed by atoms with E-state index in [-0.39, 0.29) is 6.61 Å². The van der Waals surface area contributed by atoms with Crippen LogP contribution in [0.1, 0.15) is 6.42 Å². The molecule has 0 aromatic heterocycles. The molecule has 2 N–H and O–H groups in total. The first kappa shape index (κ1) is 11.9. The summed E-state index contributed by atoms with van der Waals surface area (Å²) < 4.78 is 9.52. The second kappa shape index (κ2) is 7.52. The average molecular weight is 240 g/mol. The molecule has 72 valence electrons. The second-order valence-electron chi connectivity index (χ2n) is 2.25. The minimum absolute atomic E-state index is 0.222. The van der Waals surface area contributed by atoms with E-state index >= 15 is 0 Å². The molecular weight excluding hydrogens is 226 g/mol. The first-order chi connectivity index (χ1) is 5.72. The van der Waals surface area contributed by atoms with Gasteiger partial charge >= 0.3 is 5.97 Å². The van der Waals surface area contributed by atoms with Gasteiger partial charge in [0, 0.05) is 11.9 Å². The molecule has 0 fully saturated rings. The normalized spacial score (nSPS) is 12.6. The van der Waals surface area contributed by atoms with E-state index in [9.17, 15) is 4.79 Å². The number of halogens is 1. The Balaban J connectivity index is 3.31. The van der Waals surface area contributed by atoms with Crippen LogP contribution in [0.25, 0.3) is 0 Å². The Morgan fingerprint density at radius 2 is 2.33 bits per heavy atom. The predicted octanol–water partition coefficient (Wildman–Crippen LogP) is 0.288. The fraction of sp³-hybridized carbons (Fsp3) is 0.857. The average Bonchev–Trinajstić information content (AvgIpc) is 2.10. The molecule has 4 nitrogen and oxygen atoms in total. The van der Waals surface area contributed by atoms with Crippen molar-refractivity contribution in [1.29, 1.82) is 0 Å². The van der Waals surface area contributed by atoms with Gasteiger partial charge in [0.05, 0.1) is 13.7 Å². The Labute approximate surface area is 80.5 Å². The summed E-state index contributed by atoms with van der Waals surface area (Å²) in [7, 11) is 1.31. The second-order valence-corrected chi connectivity index (χ2v) is 3.04. The van der Waals surface area contributed by atoms with Gasteiger partial charge in [-0.3, -0.25) is 4.79 Å². The van der Waals surface area contributed by atoms with Crippen LogP contribution in [0.15, 0.2) is 0 Å². The first-order valence-corrected chi connectivity index (χ1v) is 4.81.